The second-order valence-electron chi connectivity index (χ2n) is 6.13. The van der Waals surface area contributed by atoms with Crippen molar-refractivity contribution in [2.45, 2.75) is 25.8 Å². The normalized spacial score (nSPS) is 23.7. The maximum atomic E-state index is 12.2. The van der Waals surface area contributed by atoms with E-state index < -0.39 is 9.84 Å². The maximum absolute atomic E-state index is 12.2. The first-order valence-electron chi connectivity index (χ1n) is 7.69. The molecule has 2 aliphatic heterocycles. The van der Waals surface area contributed by atoms with Gasteiger partial charge in [-0.15, -0.1) is 0 Å². The molecule has 130 valence electrons. The van der Waals surface area contributed by atoms with Crippen LogP contribution in [0.15, 0.2) is 0 Å². The second-order valence-corrected chi connectivity index (χ2v) is 8.35. The molecule has 0 aromatic heterocycles. The van der Waals surface area contributed by atoms with Gasteiger partial charge in [-0.2, -0.15) is 0 Å². The lowest BCUT2D eigenvalue weighted by Crippen LogP contribution is -2.51. The van der Waals surface area contributed by atoms with Crippen molar-refractivity contribution in [1.29, 1.82) is 0 Å². The quantitative estimate of drug-likeness (QED) is 0.593. The summed E-state index contributed by atoms with van der Waals surface area (Å²) in [6.07, 6.45) is 0.170. The number of hydrogen-bond donors (Lipinski definition) is 0. The molecular formula is C14H23N3O5S. The molecule has 8 nitrogen and oxygen atoms in total. The standard InChI is InChI=1S/C14H23N3O5S/c1-11(18)16-4-6-17(7-5-16)14(20)9-13(19)15(2)12-3-8-23(21,22)10-12/h12H,3-10H2,1-2H3. The summed E-state index contributed by atoms with van der Waals surface area (Å²) in [5.41, 5.74) is 0. The molecule has 0 bridgehead atoms. The second kappa shape index (κ2) is 6.86. The van der Waals surface area contributed by atoms with E-state index in [9.17, 15) is 22.8 Å². The highest BCUT2D eigenvalue weighted by Crippen LogP contribution is 2.17. The average Bonchev–Trinajstić information content (AvgIpc) is 2.86. The number of piperazine rings is 1. The van der Waals surface area contributed by atoms with Gasteiger partial charge in [0.1, 0.15) is 6.42 Å². The molecule has 0 spiro atoms. The van der Waals surface area contributed by atoms with Crippen LogP contribution in [0.4, 0.5) is 0 Å². The van der Waals surface area contributed by atoms with Gasteiger partial charge < -0.3 is 14.7 Å². The Morgan fingerprint density at radius 3 is 2.13 bits per heavy atom. The molecule has 0 aromatic rings. The smallest absolute Gasteiger partial charge is 0.232 e. The van der Waals surface area contributed by atoms with Gasteiger partial charge in [-0.1, -0.05) is 0 Å². The molecule has 0 N–H and O–H groups in total. The zero-order chi connectivity index (χ0) is 17.2. The summed E-state index contributed by atoms with van der Waals surface area (Å²) in [4.78, 5) is 40.3. The van der Waals surface area contributed by atoms with Gasteiger partial charge in [0, 0.05) is 46.2 Å². The van der Waals surface area contributed by atoms with Gasteiger partial charge in [0.05, 0.1) is 11.5 Å². The summed E-state index contributed by atoms with van der Waals surface area (Å²) < 4.78 is 23.0. The fourth-order valence-corrected chi connectivity index (χ4v) is 4.70. The van der Waals surface area contributed by atoms with E-state index in [1.54, 1.807) is 16.8 Å². The molecule has 9 heteroatoms. The van der Waals surface area contributed by atoms with E-state index in [1.807, 2.05) is 0 Å². The summed E-state index contributed by atoms with van der Waals surface area (Å²) in [5.74, 6) is -0.580. The topological polar surface area (TPSA) is 95.1 Å². The monoisotopic (exact) mass is 345 g/mol. The minimum absolute atomic E-state index is 0.0182. The molecular weight excluding hydrogens is 322 g/mol. The lowest BCUT2D eigenvalue weighted by Gasteiger charge is -2.34. The van der Waals surface area contributed by atoms with Crippen molar-refractivity contribution >= 4 is 27.6 Å². The van der Waals surface area contributed by atoms with E-state index in [1.165, 1.54) is 11.8 Å². The molecule has 0 aromatic carbocycles. The number of amides is 3. The molecule has 2 fully saturated rings. The summed E-state index contributed by atoms with van der Waals surface area (Å²) in [6, 6.07) is -0.338. The minimum atomic E-state index is -3.06. The molecule has 2 heterocycles. The van der Waals surface area contributed by atoms with E-state index in [4.69, 9.17) is 0 Å². The Morgan fingerprint density at radius 1 is 1.09 bits per heavy atom. The molecule has 2 rings (SSSR count). The van der Waals surface area contributed by atoms with Crippen LogP contribution >= 0.6 is 0 Å². The van der Waals surface area contributed by atoms with Crippen LogP contribution in [0.3, 0.4) is 0 Å². The molecule has 0 aliphatic carbocycles. The van der Waals surface area contributed by atoms with Gasteiger partial charge in [-0.3, -0.25) is 14.4 Å². The van der Waals surface area contributed by atoms with Gasteiger partial charge in [0.2, 0.25) is 17.7 Å². The maximum Gasteiger partial charge on any atom is 0.232 e. The largest absolute Gasteiger partial charge is 0.341 e. The first-order chi connectivity index (χ1) is 10.7. The Kier molecular flexibility index (Phi) is 5.28. The summed E-state index contributed by atoms with van der Waals surface area (Å²) in [5, 5.41) is 0. The van der Waals surface area contributed by atoms with Crippen LogP contribution in [0.25, 0.3) is 0 Å². The van der Waals surface area contributed by atoms with Crippen LogP contribution in [0, 0.1) is 0 Å². The number of rotatable bonds is 3. The van der Waals surface area contributed by atoms with Crippen molar-refractivity contribution in [3.8, 4) is 0 Å². The number of carbonyl (C=O) groups is 3. The number of sulfone groups is 1. The molecule has 1 atom stereocenters. The highest BCUT2D eigenvalue weighted by Gasteiger charge is 2.34. The van der Waals surface area contributed by atoms with E-state index in [2.05, 4.69) is 0 Å². The van der Waals surface area contributed by atoms with Gasteiger partial charge in [0.15, 0.2) is 9.84 Å². The zero-order valence-corrected chi connectivity index (χ0v) is 14.3. The number of nitrogens with zero attached hydrogens (tertiary/aromatic N) is 3. The van der Waals surface area contributed by atoms with Gasteiger partial charge in [0.25, 0.3) is 0 Å². The van der Waals surface area contributed by atoms with Crippen LogP contribution in [0.5, 0.6) is 0 Å². The molecule has 0 radical (unpaired) electrons. The van der Waals surface area contributed by atoms with Crippen molar-refractivity contribution in [3.63, 3.8) is 0 Å². The highest BCUT2D eigenvalue weighted by atomic mass is 32.2. The first-order valence-corrected chi connectivity index (χ1v) is 9.51. The van der Waals surface area contributed by atoms with E-state index in [-0.39, 0.29) is 41.7 Å². The van der Waals surface area contributed by atoms with E-state index >= 15 is 0 Å². The summed E-state index contributed by atoms with van der Waals surface area (Å²) >= 11 is 0. The van der Waals surface area contributed by atoms with Crippen molar-refractivity contribution in [3.05, 3.63) is 0 Å². The zero-order valence-electron chi connectivity index (χ0n) is 13.5. The average molecular weight is 345 g/mol. The lowest BCUT2D eigenvalue weighted by atomic mass is 10.2. The molecule has 1 unspecified atom stereocenters. The Balaban J connectivity index is 1.83. The molecule has 2 aliphatic rings. The van der Waals surface area contributed by atoms with Crippen LogP contribution < -0.4 is 0 Å². The van der Waals surface area contributed by atoms with Crippen molar-refractivity contribution < 1.29 is 22.8 Å². The van der Waals surface area contributed by atoms with Crippen molar-refractivity contribution in [2.24, 2.45) is 0 Å². The van der Waals surface area contributed by atoms with Gasteiger partial charge in [-0.05, 0) is 6.42 Å². The lowest BCUT2D eigenvalue weighted by molar-refractivity contribution is -0.144. The third kappa shape index (κ3) is 4.43. The predicted molar refractivity (Wildman–Crippen MR) is 83.3 cm³/mol. The number of hydrogen-bond acceptors (Lipinski definition) is 5. The molecule has 2 saturated heterocycles. The number of carbonyl (C=O) groups excluding carboxylic acids is 3. The fraction of sp³-hybridized carbons (Fsp3) is 0.786. The molecule has 0 saturated carbocycles. The van der Waals surface area contributed by atoms with Crippen molar-refractivity contribution in [1.82, 2.24) is 14.7 Å². The third-order valence-corrected chi connectivity index (χ3v) is 6.28. The van der Waals surface area contributed by atoms with Gasteiger partial charge in [-0.25, -0.2) is 8.42 Å². The fourth-order valence-electron chi connectivity index (χ4n) is 2.92. The Hall–Kier alpha value is -1.64. The Morgan fingerprint density at radius 2 is 1.65 bits per heavy atom. The van der Waals surface area contributed by atoms with Gasteiger partial charge >= 0.3 is 0 Å². The van der Waals surface area contributed by atoms with E-state index in [0.717, 1.165) is 0 Å². The SMILES string of the molecule is CC(=O)N1CCN(C(=O)CC(=O)N(C)C2CCS(=O)(=O)C2)CC1. The first kappa shape index (κ1) is 17.7. The minimum Gasteiger partial charge on any atom is -0.341 e. The van der Waals surface area contributed by atoms with Crippen LogP contribution in [0.2, 0.25) is 0 Å². The Labute approximate surface area is 136 Å². The van der Waals surface area contributed by atoms with E-state index in [0.29, 0.717) is 32.6 Å². The highest BCUT2D eigenvalue weighted by molar-refractivity contribution is 7.91. The molecule has 3 amide bonds. The van der Waals surface area contributed by atoms with Crippen molar-refractivity contribution in [2.75, 3.05) is 44.7 Å². The Bertz CT molecular complexity index is 596. The molecule has 23 heavy (non-hydrogen) atoms. The summed E-state index contributed by atoms with van der Waals surface area (Å²) in [6.45, 7) is 3.30. The van der Waals surface area contributed by atoms with Crippen LogP contribution in [0.1, 0.15) is 19.8 Å². The third-order valence-electron chi connectivity index (χ3n) is 4.53. The van der Waals surface area contributed by atoms with Crippen LogP contribution in [-0.4, -0.2) is 91.6 Å². The predicted octanol–water partition coefficient (Wildman–Crippen LogP) is -1.29. The van der Waals surface area contributed by atoms with Crippen LogP contribution in [-0.2, 0) is 24.2 Å². The summed E-state index contributed by atoms with van der Waals surface area (Å²) in [7, 11) is -1.51.